The monoisotopic (exact) mass is 393 g/mol. The molecule has 0 aliphatic carbocycles. The van der Waals surface area contributed by atoms with E-state index in [0.717, 1.165) is 11.3 Å². The zero-order valence-electron chi connectivity index (χ0n) is 16.2. The molecule has 0 radical (unpaired) electrons. The highest BCUT2D eigenvalue weighted by Crippen LogP contribution is 2.20. The molecule has 0 fully saturated rings. The van der Waals surface area contributed by atoms with Gasteiger partial charge in [0, 0.05) is 38.8 Å². The summed E-state index contributed by atoms with van der Waals surface area (Å²) in [5, 5.41) is 6.48. The molecule has 3 rings (SSSR count). The fourth-order valence-corrected chi connectivity index (χ4v) is 3.45. The number of anilines is 2. The van der Waals surface area contributed by atoms with Crippen LogP contribution in [0.25, 0.3) is 0 Å². The number of amides is 2. The van der Waals surface area contributed by atoms with Crippen LogP contribution in [0.15, 0.2) is 65.4 Å². The molecule has 0 atom stereocenters. The number of thiophene rings is 1. The lowest BCUT2D eigenvalue weighted by atomic mass is 10.1. The molecule has 0 unspecified atom stereocenters. The van der Waals surface area contributed by atoms with Crippen molar-refractivity contribution < 1.29 is 9.59 Å². The lowest BCUT2D eigenvalue weighted by Gasteiger charge is -2.20. The molecule has 2 amide bonds. The van der Waals surface area contributed by atoms with Gasteiger partial charge in [0.15, 0.2) is 0 Å². The normalized spacial score (nSPS) is 10.4. The molecule has 28 heavy (non-hydrogen) atoms. The summed E-state index contributed by atoms with van der Waals surface area (Å²) < 4.78 is 0. The number of nitrogens with one attached hydrogen (secondary N) is 1. The van der Waals surface area contributed by atoms with E-state index in [2.05, 4.69) is 5.32 Å². The predicted molar refractivity (Wildman–Crippen MR) is 115 cm³/mol. The van der Waals surface area contributed by atoms with E-state index >= 15 is 0 Å². The van der Waals surface area contributed by atoms with Gasteiger partial charge in [-0.2, -0.15) is 11.3 Å². The summed E-state index contributed by atoms with van der Waals surface area (Å²) in [6.07, 6.45) is 0. The second-order valence-corrected chi connectivity index (χ2v) is 7.51. The Bertz CT molecular complexity index is 950. The van der Waals surface area contributed by atoms with E-state index in [1.165, 1.54) is 11.3 Å². The first-order chi connectivity index (χ1) is 13.5. The molecule has 0 spiro atoms. The van der Waals surface area contributed by atoms with Gasteiger partial charge in [0.25, 0.3) is 11.8 Å². The number of benzene rings is 2. The molecule has 1 N–H and O–H groups in total. The summed E-state index contributed by atoms with van der Waals surface area (Å²) in [6, 6.07) is 16.9. The van der Waals surface area contributed by atoms with Gasteiger partial charge in [0.2, 0.25) is 0 Å². The number of hydrogen-bond acceptors (Lipinski definition) is 4. The Morgan fingerprint density at radius 2 is 1.68 bits per heavy atom. The zero-order valence-corrected chi connectivity index (χ0v) is 17.0. The Morgan fingerprint density at radius 3 is 2.32 bits per heavy atom. The maximum Gasteiger partial charge on any atom is 0.256 e. The van der Waals surface area contributed by atoms with Crippen LogP contribution in [0.1, 0.15) is 26.3 Å². The topological polar surface area (TPSA) is 52.6 Å². The third-order valence-electron chi connectivity index (χ3n) is 4.41. The molecule has 0 saturated heterocycles. The summed E-state index contributed by atoms with van der Waals surface area (Å²) >= 11 is 1.46. The van der Waals surface area contributed by atoms with Gasteiger partial charge in [-0.25, -0.2) is 0 Å². The predicted octanol–water partition coefficient (Wildman–Crippen LogP) is 4.34. The van der Waals surface area contributed by atoms with E-state index in [1.807, 2.05) is 48.6 Å². The molecule has 3 aromatic rings. The van der Waals surface area contributed by atoms with Gasteiger partial charge in [0.1, 0.15) is 0 Å². The largest absolute Gasteiger partial charge is 0.378 e. The third kappa shape index (κ3) is 4.58. The van der Waals surface area contributed by atoms with Gasteiger partial charge in [-0.05, 0) is 41.3 Å². The van der Waals surface area contributed by atoms with Gasteiger partial charge < -0.3 is 15.1 Å². The van der Waals surface area contributed by atoms with Gasteiger partial charge >= 0.3 is 0 Å². The molecule has 6 heteroatoms. The van der Waals surface area contributed by atoms with Crippen molar-refractivity contribution in [3.05, 3.63) is 82.0 Å². The van der Waals surface area contributed by atoms with E-state index in [0.29, 0.717) is 23.4 Å². The summed E-state index contributed by atoms with van der Waals surface area (Å²) in [4.78, 5) is 29.0. The first-order valence-electron chi connectivity index (χ1n) is 8.90. The Labute approximate surface area is 169 Å². The van der Waals surface area contributed by atoms with Crippen LogP contribution in [-0.2, 0) is 6.54 Å². The van der Waals surface area contributed by atoms with Crippen molar-refractivity contribution in [2.75, 3.05) is 31.4 Å². The van der Waals surface area contributed by atoms with Crippen LogP contribution in [-0.4, -0.2) is 37.9 Å². The molecule has 1 heterocycles. The molecule has 0 bridgehead atoms. The van der Waals surface area contributed by atoms with Crippen LogP contribution >= 0.6 is 11.3 Å². The number of nitrogens with zero attached hydrogens (tertiary/aromatic N) is 2. The van der Waals surface area contributed by atoms with Crippen LogP contribution in [0, 0.1) is 0 Å². The molecule has 0 aliphatic rings. The van der Waals surface area contributed by atoms with Crippen LogP contribution in [0.5, 0.6) is 0 Å². The maximum absolute atomic E-state index is 13.0. The summed E-state index contributed by atoms with van der Waals surface area (Å²) in [6.45, 7) is 0.485. The highest BCUT2D eigenvalue weighted by Gasteiger charge is 2.18. The van der Waals surface area contributed by atoms with Crippen molar-refractivity contribution >= 4 is 34.5 Å². The quantitative estimate of drug-likeness (QED) is 0.678. The van der Waals surface area contributed by atoms with Crippen LogP contribution in [0.2, 0.25) is 0 Å². The first-order valence-corrected chi connectivity index (χ1v) is 9.84. The number of hydrogen-bond donors (Lipinski definition) is 1. The Balaban J connectivity index is 1.73. The van der Waals surface area contributed by atoms with Crippen molar-refractivity contribution in [3.8, 4) is 0 Å². The smallest absolute Gasteiger partial charge is 0.256 e. The lowest BCUT2D eigenvalue weighted by Crippen LogP contribution is -2.27. The van der Waals surface area contributed by atoms with Gasteiger partial charge in [0.05, 0.1) is 16.8 Å². The molecular weight excluding hydrogens is 370 g/mol. The van der Waals surface area contributed by atoms with Crippen molar-refractivity contribution in [1.82, 2.24) is 4.90 Å². The van der Waals surface area contributed by atoms with Gasteiger partial charge in [-0.3, -0.25) is 9.59 Å². The van der Waals surface area contributed by atoms with E-state index < -0.39 is 0 Å². The molecular formula is C22H23N3O2S. The highest BCUT2D eigenvalue weighted by atomic mass is 32.1. The van der Waals surface area contributed by atoms with Crippen molar-refractivity contribution in [3.63, 3.8) is 0 Å². The number of para-hydroxylation sites is 1. The van der Waals surface area contributed by atoms with Gasteiger partial charge in [-0.15, -0.1) is 0 Å². The Hall–Kier alpha value is -3.12. The third-order valence-corrected chi connectivity index (χ3v) is 5.09. The zero-order chi connectivity index (χ0) is 20.1. The van der Waals surface area contributed by atoms with Crippen LogP contribution < -0.4 is 10.2 Å². The minimum absolute atomic E-state index is 0.141. The minimum atomic E-state index is -0.219. The summed E-state index contributed by atoms with van der Waals surface area (Å²) in [5.74, 6) is -0.360. The van der Waals surface area contributed by atoms with Crippen molar-refractivity contribution in [2.45, 2.75) is 6.54 Å². The van der Waals surface area contributed by atoms with E-state index in [9.17, 15) is 9.59 Å². The number of carbonyl (C=O) groups excluding carboxylic acids is 2. The molecule has 0 saturated carbocycles. The number of rotatable bonds is 6. The summed E-state index contributed by atoms with van der Waals surface area (Å²) in [5.41, 5.74) is 3.72. The molecule has 5 nitrogen and oxygen atoms in total. The van der Waals surface area contributed by atoms with Crippen LogP contribution in [0.4, 0.5) is 11.4 Å². The Morgan fingerprint density at radius 1 is 0.964 bits per heavy atom. The average molecular weight is 394 g/mol. The van der Waals surface area contributed by atoms with Crippen molar-refractivity contribution in [1.29, 1.82) is 0 Å². The fraction of sp³-hybridized carbons (Fsp3) is 0.182. The summed E-state index contributed by atoms with van der Waals surface area (Å²) in [7, 11) is 5.75. The van der Waals surface area contributed by atoms with E-state index in [-0.39, 0.29) is 11.8 Å². The molecule has 2 aromatic carbocycles. The van der Waals surface area contributed by atoms with Crippen LogP contribution in [0.3, 0.4) is 0 Å². The van der Waals surface area contributed by atoms with Gasteiger partial charge in [-0.1, -0.05) is 24.3 Å². The highest BCUT2D eigenvalue weighted by molar-refractivity contribution is 7.08. The standard InChI is InChI=1S/C22H23N3O2S/c1-24(2)18-10-8-16(9-11-18)14-25(3)22(27)19-6-4-5-7-20(19)23-21(26)17-12-13-28-15-17/h4-13,15H,14H2,1-3H3,(H,23,26). The maximum atomic E-state index is 13.0. The fourth-order valence-electron chi connectivity index (χ4n) is 2.82. The molecule has 1 aromatic heterocycles. The molecule has 144 valence electrons. The second kappa shape index (κ2) is 8.71. The minimum Gasteiger partial charge on any atom is -0.378 e. The molecule has 0 aliphatic heterocycles. The SMILES string of the molecule is CN(Cc1ccc(N(C)C)cc1)C(=O)c1ccccc1NC(=O)c1ccsc1. The first kappa shape index (κ1) is 19.6. The second-order valence-electron chi connectivity index (χ2n) is 6.73. The number of carbonyl (C=O) groups is 2. The average Bonchev–Trinajstić information content (AvgIpc) is 3.23. The van der Waals surface area contributed by atoms with Crippen molar-refractivity contribution in [2.24, 2.45) is 0 Å². The van der Waals surface area contributed by atoms with E-state index in [1.54, 1.807) is 47.7 Å². The van der Waals surface area contributed by atoms with E-state index in [4.69, 9.17) is 0 Å². The Kier molecular flexibility index (Phi) is 6.11. The lowest BCUT2D eigenvalue weighted by molar-refractivity contribution is 0.0786.